The van der Waals surface area contributed by atoms with Crippen LogP contribution >= 0.6 is 0 Å². The van der Waals surface area contributed by atoms with Gasteiger partial charge in [-0.05, 0) is 35.2 Å². The third kappa shape index (κ3) is 9.43. The molecule has 4 heterocycles. The van der Waals surface area contributed by atoms with Gasteiger partial charge < -0.3 is 9.40 Å². The zero-order valence-electron chi connectivity index (χ0n) is 32.8. The van der Waals surface area contributed by atoms with Gasteiger partial charge in [-0.1, -0.05) is 80.6 Å². The Morgan fingerprint density at radius 1 is 0.792 bits per heavy atom. The second-order valence-electron chi connectivity index (χ2n) is 16.5. The predicted octanol–water partition coefficient (Wildman–Crippen LogP) is 12.3. The van der Waals surface area contributed by atoms with Gasteiger partial charge in [0.15, 0.2) is 0 Å². The molecule has 4 aromatic heterocycles. The molecule has 0 spiro atoms. The standard InChI is InChI=1S/C28H25N2O.C19H26GeN.Ir/c1-18(28(2,3)4)20-15-16-29-25(17-20)23-12-8-11-21-22-13-14-24(19-9-6-5-7-10-19)30-27(22)31-26(21)23;1-14(2)11-17-12-19(16-9-7-15(3)8-10-16)21-13-18(17)20(4,5)6;/h5-11,13-18H,1-4H3;7-9,12-14H,11H2,1-6H3;/q2*-1;. The van der Waals surface area contributed by atoms with Crippen molar-refractivity contribution in [1.82, 2.24) is 15.0 Å². The van der Waals surface area contributed by atoms with E-state index in [1.54, 1.807) is 4.40 Å². The summed E-state index contributed by atoms with van der Waals surface area (Å²) in [6, 6.07) is 37.8. The number of aryl methyl sites for hydroxylation is 1. The van der Waals surface area contributed by atoms with Crippen LogP contribution in [0.15, 0.2) is 108 Å². The summed E-state index contributed by atoms with van der Waals surface area (Å²) in [7, 11) is 0. The van der Waals surface area contributed by atoms with Crippen LogP contribution in [0.3, 0.4) is 0 Å². The van der Waals surface area contributed by atoms with Gasteiger partial charge in [0.2, 0.25) is 5.71 Å². The van der Waals surface area contributed by atoms with Crippen molar-refractivity contribution in [2.75, 3.05) is 0 Å². The van der Waals surface area contributed by atoms with Crippen LogP contribution in [0.25, 0.3) is 55.8 Å². The average Bonchev–Trinajstić information content (AvgIpc) is 3.49. The van der Waals surface area contributed by atoms with Crippen molar-refractivity contribution in [2.24, 2.45) is 11.3 Å². The fraction of sp³-hybridized carbons (Fsp3) is 0.298. The number of benzene rings is 3. The molecular formula is C47H51GeIrN3O-2. The maximum absolute atomic E-state index is 6.29. The molecule has 0 saturated carbocycles. The number of nitrogens with zero attached hydrogens (tertiary/aromatic N) is 3. The summed E-state index contributed by atoms with van der Waals surface area (Å²) in [5, 5.41) is 2.04. The maximum atomic E-state index is 6.29. The molecule has 0 aliphatic heterocycles. The van der Waals surface area contributed by atoms with E-state index >= 15 is 0 Å². The van der Waals surface area contributed by atoms with Crippen LogP contribution in [0.5, 0.6) is 0 Å². The van der Waals surface area contributed by atoms with Crippen molar-refractivity contribution in [3.63, 3.8) is 0 Å². The summed E-state index contributed by atoms with van der Waals surface area (Å²) >= 11 is -1.87. The summed E-state index contributed by atoms with van der Waals surface area (Å²) in [4.78, 5) is 14.2. The first-order chi connectivity index (χ1) is 24.7. The van der Waals surface area contributed by atoms with E-state index in [0.29, 0.717) is 17.5 Å². The Morgan fingerprint density at radius 2 is 1.55 bits per heavy atom. The molecule has 6 heteroatoms. The molecule has 1 unspecified atom stereocenters. The van der Waals surface area contributed by atoms with Gasteiger partial charge in [0.1, 0.15) is 0 Å². The third-order valence-electron chi connectivity index (χ3n) is 9.88. The zero-order chi connectivity index (χ0) is 37.2. The van der Waals surface area contributed by atoms with Crippen LogP contribution in [0.2, 0.25) is 17.3 Å². The Morgan fingerprint density at radius 3 is 2.21 bits per heavy atom. The molecule has 1 atom stereocenters. The number of furan rings is 1. The van der Waals surface area contributed by atoms with Gasteiger partial charge in [0.25, 0.3) is 0 Å². The molecule has 275 valence electrons. The maximum Gasteiger partial charge on any atom is 0 e. The Hall–Kier alpha value is -3.90. The van der Waals surface area contributed by atoms with Crippen molar-refractivity contribution < 1.29 is 24.5 Å². The monoisotopic (exact) mass is 940 g/mol. The molecule has 0 saturated heterocycles. The molecule has 0 fully saturated rings. The molecule has 0 bridgehead atoms. The SMILES string of the molecule is CC(c1ccnc(-c2[c-]ccc3c2oc2nc(-c4ccccc4)ccc23)c1)C(C)(C)C.Cc1c[c-]c(-c2cc(CC(C)C)[c]([Ge]([CH3])([CH3])[CH3])cn2)cc1.[Ir]. The van der Waals surface area contributed by atoms with E-state index in [2.05, 4.69) is 138 Å². The van der Waals surface area contributed by atoms with E-state index in [1.165, 1.54) is 16.7 Å². The van der Waals surface area contributed by atoms with E-state index in [1.807, 2.05) is 48.7 Å². The molecule has 7 rings (SSSR count). The van der Waals surface area contributed by atoms with Gasteiger partial charge in [-0.3, -0.25) is 0 Å². The topological polar surface area (TPSA) is 51.8 Å². The molecular weight excluding hydrogens is 887 g/mol. The molecule has 1 radical (unpaired) electrons. The molecule has 3 aromatic carbocycles. The van der Waals surface area contributed by atoms with E-state index in [9.17, 15) is 0 Å². The number of hydrogen-bond acceptors (Lipinski definition) is 4. The second kappa shape index (κ2) is 16.6. The van der Waals surface area contributed by atoms with Crippen molar-refractivity contribution >= 4 is 39.7 Å². The molecule has 0 amide bonds. The Kier molecular flexibility index (Phi) is 12.6. The third-order valence-corrected chi connectivity index (χ3v) is 14.2. The number of hydrogen-bond donors (Lipinski definition) is 0. The van der Waals surface area contributed by atoms with Crippen LogP contribution in [0.1, 0.15) is 64.2 Å². The summed E-state index contributed by atoms with van der Waals surface area (Å²) in [5.74, 6) is 8.40. The van der Waals surface area contributed by atoms with Gasteiger partial charge in [-0.15, -0.1) is 18.2 Å². The van der Waals surface area contributed by atoms with Crippen LogP contribution in [0.4, 0.5) is 0 Å². The van der Waals surface area contributed by atoms with Gasteiger partial charge in [-0.2, -0.15) is 0 Å². The summed E-state index contributed by atoms with van der Waals surface area (Å²) in [6.45, 7) is 15.7. The fourth-order valence-electron chi connectivity index (χ4n) is 6.53. The minimum Gasteiger partial charge on any atom is 0 e. The van der Waals surface area contributed by atoms with E-state index in [-0.39, 0.29) is 25.5 Å². The Balaban J connectivity index is 0.000000216. The number of fused-ring (bicyclic) bond motifs is 3. The molecule has 0 aliphatic rings. The number of aromatic nitrogens is 3. The fourth-order valence-corrected chi connectivity index (χ4v) is 9.86. The molecule has 0 N–H and O–H groups in total. The Labute approximate surface area is 332 Å². The first-order valence-corrected chi connectivity index (χ1v) is 25.8. The molecule has 7 aromatic rings. The second-order valence-corrected chi connectivity index (χ2v) is 27.1. The van der Waals surface area contributed by atoms with Crippen molar-refractivity contribution in [1.29, 1.82) is 0 Å². The van der Waals surface area contributed by atoms with E-state index in [0.717, 1.165) is 56.5 Å². The molecule has 53 heavy (non-hydrogen) atoms. The predicted molar refractivity (Wildman–Crippen MR) is 222 cm³/mol. The number of pyridine rings is 3. The Bertz CT molecular complexity index is 2300. The normalized spacial score (nSPS) is 12.4. The average molecular weight is 939 g/mol. The first kappa shape index (κ1) is 40.3. The minimum absolute atomic E-state index is 0. The van der Waals surface area contributed by atoms with Gasteiger partial charge in [0.05, 0.1) is 11.3 Å². The van der Waals surface area contributed by atoms with E-state index in [4.69, 9.17) is 14.4 Å². The van der Waals surface area contributed by atoms with Gasteiger partial charge >= 0.3 is 132 Å². The van der Waals surface area contributed by atoms with Crippen LogP contribution in [-0.2, 0) is 26.5 Å². The largest absolute Gasteiger partial charge is 0 e. The van der Waals surface area contributed by atoms with Crippen molar-refractivity contribution in [3.05, 3.63) is 132 Å². The minimum atomic E-state index is -1.87. The van der Waals surface area contributed by atoms with Crippen LogP contribution < -0.4 is 4.40 Å². The smallest absolute Gasteiger partial charge is 0 e. The summed E-state index contributed by atoms with van der Waals surface area (Å²) < 4.78 is 7.83. The molecule has 4 nitrogen and oxygen atoms in total. The zero-order valence-corrected chi connectivity index (χ0v) is 37.3. The first-order valence-electron chi connectivity index (χ1n) is 18.4. The van der Waals surface area contributed by atoms with Crippen molar-refractivity contribution in [2.45, 2.75) is 78.1 Å². The van der Waals surface area contributed by atoms with E-state index < -0.39 is 13.3 Å². The summed E-state index contributed by atoms with van der Waals surface area (Å²) in [6.07, 6.45) is 5.16. The van der Waals surface area contributed by atoms with Gasteiger partial charge in [-0.25, -0.2) is 4.98 Å². The van der Waals surface area contributed by atoms with Crippen LogP contribution in [-0.4, -0.2) is 28.2 Å². The van der Waals surface area contributed by atoms with Crippen molar-refractivity contribution in [3.8, 4) is 33.8 Å². The summed E-state index contributed by atoms with van der Waals surface area (Å²) in [5.41, 5.74) is 11.5. The quantitative estimate of drug-likeness (QED) is 0.118. The van der Waals surface area contributed by atoms with Crippen LogP contribution in [0, 0.1) is 30.4 Å². The van der Waals surface area contributed by atoms with Gasteiger partial charge in [0, 0.05) is 37.3 Å². The number of rotatable bonds is 7. The molecule has 0 aliphatic carbocycles.